The number of carbonyl (C=O) groups excluding carboxylic acids is 2. The van der Waals surface area contributed by atoms with E-state index in [1.54, 1.807) is 24.3 Å². The van der Waals surface area contributed by atoms with Crippen LogP contribution in [0.5, 0.6) is 0 Å². The molecule has 0 aromatic heterocycles. The van der Waals surface area contributed by atoms with Gasteiger partial charge < -0.3 is 20.7 Å². The summed E-state index contributed by atoms with van der Waals surface area (Å²) in [6.45, 7) is 9.60. The first kappa shape index (κ1) is 20.0. The maximum atomic E-state index is 11.8. The molecular formula is C18H29N3O3. The van der Waals surface area contributed by atoms with Gasteiger partial charge in [0.1, 0.15) is 0 Å². The van der Waals surface area contributed by atoms with Crippen LogP contribution in [0.1, 0.15) is 34.1 Å². The third-order valence-electron chi connectivity index (χ3n) is 3.28. The van der Waals surface area contributed by atoms with Gasteiger partial charge in [0.2, 0.25) is 5.91 Å². The summed E-state index contributed by atoms with van der Waals surface area (Å²) in [4.78, 5) is 23.5. The Hall–Kier alpha value is -2.08. The minimum absolute atomic E-state index is 0.0600. The molecule has 134 valence electrons. The fraction of sp³-hybridized carbons (Fsp3) is 0.556. The predicted molar refractivity (Wildman–Crippen MR) is 97.2 cm³/mol. The molecule has 0 radical (unpaired) electrons. The predicted octanol–water partition coefficient (Wildman–Crippen LogP) is 3.47. The molecule has 6 nitrogen and oxygen atoms in total. The number of rotatable bonds is 9. The van der Waals surface area contributed by atoms with Crippen LogP contribution in [0.4, 0.5) is 16.2 Å². The van der Waals surface area contributed by atoms with E-state index in [-0.39, 0.29) is 17.9 Å². The number of hydrogen-bond acceptors (Lipinski definition) is 3. The number of nitrogens with one attached hydrogen (secondary N) is 3. The molecule has 0 saturated heterocycles. The Morgan fingerprint density at radius 1 is 1.04 bits per heavy atom. The molecule has 1 aromatic carbocycles. The van der Waals surface area contributed by atoms with Crippen LogP contribution in [0.15, 0.2) is 24.3 Å². The largest absolute Gasteiger partial charge is 0.380 e. The van der Waals surface area contributed by atoms with Crippen molar-refractivity contribution in [2.75, 3.05) is 30.4 Å². The van der Waals surface area contributed by atoms with Crippen LogP contribution < -0.4 is 16.0 Å². The molecule has 0 saturated carbocycles. The molecule has 0 bridgehead atoms. The standard InChI is InChI=1S/C18H29N3O3/c1-13(2)8-10-24-11-9-19-18(23)21-16-7-5-6-15(12-16)20-17(22)14(3)4/h5-7,12-14H,8-11H2,1-4H3,(H,20,22)(H2,19,21,23). The topological polar surface area (TPSA) is 79.5 Å². The molecule has 24 heavy (non-hydrogen) atoms. The summed E-state index contributed by atoms with van der Waals surface area (Å²) in [7, 11) is 0. The lowest BCUT2D eigenvalue weighted by molar-refractivity contribution is -0.118. The minimum atomic E-state index is -0.296. The van der Waals surface area contributed by atoms with Gasteiger partial charge in [-0.15, -0.1) is 0 Å². The third-order valence-corrected chi connectivity index (χ3v) is 3.28. The van der Waals surface area contributed by atoms with Crippen molar-refractivity contribution in [1.82, 2.24) is 5.32 Å². The fourth-order valence-electron chi connectivity index (χ4n) is 1.79. The van der Waals surface area contributed by atoms with Gasteiger partial charge in [-0.25, -0.2) is 4.79 Å². The highest BCUT2D eigenvalue weighted by Crippen LogP contribution is 2.15. The summed E-state index contributed by atoms with van der Waals surface area (Å²) in [6.07, 6.45) is 1.01. The quantitative estimate of drug-likeness (QED) is 0.605. The van der Waals surface area contributed by atoms with Crippen LogP contribution >= 0.6 is 0 Å². The van der Waals surface area contributed by atoms with Gasteiger partial charge in [-0.1, -0.05) is 33.8 Å². The summed E-state index contributed by atoms with van der Waals surface area (Å²) < 4.78 is 5.44. The Morgan fingerprint density at radius 3 is 2.33 bits per heavy atom. The Balaban J connectivity index is 2.32. The zero-order valence-electron chi connectivity index (χ0n) is 15.0. The number of anilines is 2. The third kappa shape index (κ3) is 8.53. The van der Waals surface area contributed by atoms with Gasteiger partial charge in [-0.2, -0.15) is 0 Å². The maximum absolute atomic E-state index is 11.8. The monoisotopic (exact) mass is 335 g/mol. The van der Waals surface area contributed by atoms with Crippen LogP contribution in [-0.4, -0.2) is 31.7 Å². The molecule has 0 atom stereocenters. The normalized spacial score (nSPS) is 10.8. The van der Waals surface area contributed by atoms with Crippen LogP contribution in [-0.2, 0) is 9.53 Å². The number of urea groups is 1. The first-order chi connectivity index (χ1) is 11.4. The van der Waals surface area contributed by atoms with Gasteiger partial charge in [0.05, 0.1) is 6.61 Å². The number of hydrogen-bond donors (Lipinski definition) is 3. The SMILES string of the molecule is CC(C)CCOCCNC(=O)Nc1cccc(NC(=O)C(C)C)c1. The van der Waals surface area contributed by atoms with E-state index in [4.69, 9.17) is 4.74 Å². The van der Waals surface area contributed by atoms with E-state index in [1.165, 1.54) is 0 Å². The van der Waals surface area contributed by atoms with Gasteiger partial charge in [-0.05, 0) is 30.5 Å². The second kappa shape index (κ2) is 10.6. The summed E-state index contributed by atoms with van der Waals surface area (Å²) in [5.74, 6) is 0.459. The molecule has 3 N–H and O–H groups in total. The van der Waals surface area contributed by atoms with Crippen molar-refractivity contribution >= 4 is 23.3 Å². The molecule has 0 fully saturated rings. The molecule has 0 aliphatic carbocycles. The Bertz CT molecular complexity index is 530. The van der Waals surface area contributed by atoms with Gasteiger partial charge in [0, 0.05) is 30.4 Å². The average molecular weight is 335 g/mol. The second-order valence-electron chi connectivity index (χ2n) is 6.40. The lowest BCUT2D eigenvalue weighted by atomic mass is 10.1. The fourth-order valence-corrected chi connectivity index (χ4v) is 1.79. The summed E-state index contributed by atoms with van der Waals surface area (Å²) in [5, 5.41) is 8.27. The Labute approximate surface area is 144 Å². The molecule has 0 unspecified atom stereocenters. The van der Waals surface area contributed by atoms with E-state index in [9.17, 15) is 9.59 Å². The van der Waals surface area contributed by atoms with Crippen molar-refractivity contribution in [1.29, 1.82) is 0 Å². The minimum Gasteiger partial charge on any atom is -0.380 e. The van der Waals surface area contributed by atoms with Crippen molar-refractivity contribution in [2.24, 2.45) is 11.8 Å². The zero-order chi connectivity index (χ0) is 17.9. The first-order valence-corrected chi connectivity index (χ1v) is 8.42. The van der Waals surface area contributed by atoms with Crippen LogP contribution in [0.3, 0.4) is 0 Å². The molecule has 0 spiro atoms. The lowest BCUT2D eigenvalue weighted by Crippen LogP contribution is -2.31. The summed E-state index contributed by atoms with van der Waals surface area (Å²) >= 11 is 0. The van der Waals surface area contributed by atoms with E-state index in [2.05, 4.69) is 29.8 Å². The van der Waals surface area contributed by atoms with Crippen molar-refractivity contribution < 1.29 is 14.3 Å². The van der Waals surface area contributed by atoms with Crippen molar-refractivity contribution in [3.63, 3.8) is 0 Å². The van der Waals surface area contributed by atoms with Crippen LogP contribution in [0.25, 0.3) is 0 Å². The smallest absolute Gasteiger partial charge is 0.319 e. The van der Waals surface area contributed by atoms with Gasteiger partial charge >= 0.3 is 6.03 Å². The molecule has 3 amide bonds. The van der Waals surface area contributed by atoms with Crippen molar-refractivity contribution in [3.05, 3.63) is 24.3 Å². The van der Waals surface area contributed by atoms with Crippen molar-refractivity contribution in [3.8, 4) is 0 Å². The van der Waals surface area contributed by atoms with E-state index >= 15 is 0 Å². The Morgan fingerprint density at radius 2 is 1.71 bits per heavy atom. The molecule has 0 heterocycles. The molecule has 0 aliphatic heterocycles. The second-order valence-corrected chi connectivity index (χ2v) is 6.40. The number of ether oxygens (including phenoxy) is 1. The molecule has 1 rings (SSSR count). The highest BCUT2D eigenvalue weighted by Gasteiger charge is 2.08. The first-order valence-electron chi connectivity index (χ1n) is 8.42. The maximum Gasteiger partial charge on any atom is 0.319 e. The zero-order valence-corrected chi connectivity index (χ0v) is 15.0. The summed E-state index contributed by atoms with van der Waals surface area (Å²) in [5.41, 5.74) is 1.28. The average Bonchev–Trinajstić information content (AvgIpc) is 2.50. The van der Waals surface area contributed by atoms with E-state index in [0.717, 1.165) is 6.42 Å². The van der Waals surface area contributed by atoms with Gasteiger partial charge in [0.25, 0.3) is 0 Å². The molecule has 0 aliphatic rings. The number of carbonyl (C=O) groups is 2. The Kier molecular flexibility index (Phi) is 8.86. The molecule has 6 heteroatoms. The van der Waals surface area contributed by atoms with E-state index in [1.807, 2.05) is 13.8 Å². The van der Waals surface area contributed by atoms with Gasteiger partial charge in [0.15, 0.2) is 0 Å². The summed E-state index contributed by atoms with van der Waals surface area (Å²) in [6, 6.07) is 6.75. The number of amides is 3. The van der Waals surface area contributed by atoms with Crippen LogP contribution in [0, 0.1) is 11.8 Å². The van der Waals surface area contributed by atoms with Gasteiger partial charge in [-0.3, -0.25) is 4.79 Å². The van der Waals surface area contributed by atoms with Crippen molar-refractivity contribution in [2.45, 2.75) is 34.1 Å². The van der Waals surface area contributed by atoms with E-state index in [0.29, 0.717) is 37.1 Å². The molecule has 1 aromatic rings. The van der Waals surface area contributed by atoms with E-state index < -0.39 is 0 Å². The lowest BCUT2D eigenvalue weighted by Gasteiger charge is -2.11. The highest BCUT2D eigenvalue weighted by molar-refractivity contribution is 5.94. The number of benzene rings is 1. The molecular weight excluding hydrogens is 306 g/mol. The highest BCUT2D eigenvalue weighted by atomic mass is 16.5. The van der Waals surface area contributed by atoms with Crippen LogP contribution in [0.2, 0.25) is 0 Å².